The highest BCUT2D eigenvalue weighted by molar-refractivity contribution is 5.94. The van der Waals surface area contributed by atoms with Gasteiger partial charge in [-0.05, 0) is 16.3 Å². The zero-order valence-corrected chi connectivity index (χ0v) is 6.57. The lowest BCUT2D eigenvalue weighted by molar-refractivity contribution is 1.75. The van der Waals surface area contributed by atoms with E-state index in [1.807, 2.05) is 42.5 Å². The maximum Gasteiger partial charge on any atom is 0.347 e. The van der Waals surface area contributed by atoms with E-state index in [2.05, 4.69) is 4.85 Å². The fourth-order valence-corrected chi connectivity index (χ4v) is 1.32. The summed E-state index contributed by atoms with van der Waals surface area (Å²) in [6.45, 7) is 5.24. The minimum absolute atomic E-state index is 0.841. The summed E-state index contributed by atoms with van der Waals surface area (Å²) in [7, 11) is 0. The Balaban J connectivity index is 2.91. The van der Waals surface area contributed by atoms with Crippen molar-refractivity contribution in [2.24, 2.45) is 0 Å². The van der Waals surface area contributed by atoms with Crippen molar-refractivity contribution < 1.29 is 0 Å². The quantitative estimate of drug-likeness (QED) is 0.547. The minimum atomic E-state index is 0.841. The van der Waals surface area contributed by atoms with Crippen LogP contribution in [0.25, 0.3) is 15.6 Å². The second kappa shape index (κ2) is 2.67. The van der Waals surface area contributed by atoms with Crippen molar-refractivity contribution in [2.75, 3.05) is 0 Å². The van der Waals surface area contributed by atoms with Gasteiger partial charge in [0.15, 0.2) is 0 Å². The lowest BCUT2D eigenvalue weighted by Gasteiger charge is -1.91. The standard InChI is InChI=1S/C11H8N/c1-12-11-8-4-6-9-5-2-3-7-10(9)11/h1-8H/q+1. The van der Waals surface area contributed by atoms with Gasteiger partial charge in [-0.25, -0.2) is 0 Å². The fourth-order valence-electron chi connectivity index (χ4n) is 1.32. The van der Waals surface area contributed by atoms with Crippen molar-refractivity contribution in [3.63, 3.8) is 0 Å². The van der Waals surface area contributed by atoms with Crippen LogP contribution in [-0.2, 0) is 0 Å². The Kier molecular flexibility index (Phi) is 1.53. The van der Waals surface area contributed by atoms with Crippen LogP contribution in [-0.4, -0.2) is 0 Å². The predicted octanol–water partition coefficient (Wildman–Crippen LogP) is 3.43. The van der Waals surface area contributed by atoms with E-state index in [0.29, 0.717) is 0 Å². The van der Waals surface area contributed by atoms with Gasteiger partial charge in [0.05, 0.1) is 5.39 Å². The molecule has 0 aliphatic carbocycles. The highest BCUT2D eigenvalue weighted by Crippen LogP contribution is 2.24. The molecule has 0 bridgehead atoms. The van der Waals surface area contributed by atoms with Gasteiger partial charge < -0.3 is 0 Å². The molecule has 0 aliphatic heterocycles. The van der Waals surface area contributed by atoms with Gasteiger partial charge in [0.2, 0.25) is 0 Å². The van der Waals surface area contributed by atoms with Gasteiger partial charge in [-0.15, -0.1) is 0 Å². The Morgan fingerprint density at radius 2 is 1.67 bits per heavy atom. The molecule has 0 saturated heterocycles. The first-order valence-electron chi connectivity index (χ1n) is 3.80. The van der Waals surface area contributed by atoms with Crippen LogP contribution in [0.2, 0.25) is 0 Å². The molecular formula is C11H8N+. The molecule has 0 unspecified atom stereocenters. The van der Waals surface area contributed by atoms with Crippen LogP contribution < -0.4 is 0 Å². The van der Waals surface area contributed by atoms with Gasteiger partial charge in [0.25, 0.3) is 6.57 Å². The SMILES string of the molecule is C#[N+]c1cccc2ccccc12. The molecule has 2 aromatic carbocycles. The summed E-state index contributed by atoms with van der Waals surface area (Å²) in [6.07, 6.45) is 0. The zero-order chi connectivity index (χ0) is 8.39. The highest BCUT2D eigenvalue weighted by Gasteiger charge is 2.04. The molecule has 1 nitrogen and oxygen atoms in total. The predicted molar refractivity (Wildman–Crippen MR) is 51.9 cm³/mol. The number of benzene rings is 2. The van der Waals surface area contributed by atoms with E-state index in [1.54, 1.807) is 0 Å². The van der Waals surface area contributed by atoms with Gasteiger partial charge in [-0.1, -0.05) is 30.3 Å². The first kappa shape index (κ1) is 6.87. The molecule has 0 amide bonds. The normalized spacial score (nSPS) is 9.58. The summed E-state index contributed by atoms with van der Waals surface area (Å²) < 4.78 is 0. The summed E-state index contributed by atoms with van der Waals surface area (Å²) in [4.78, 5) is 3.70. The Morgan fingerprint density at radius 1 is 0.917 bits per heavy atom. The van der Waals surface area contributed by atoms with Gasteiger partial charge in [0, 0.05) is 6.07 Å². The van der Waals surface area contributed by atoms with Gasteiger partial charge in [0.1, 0.15) is 0 Å². The highest BCUT2D eigenvalue weighted by atomic mass is 14.6. The molecule has 0 spiro atoms. The molecule has 0 fully saturated rings. The van der Waals surface area contributed by atoms with E-state index >= 15 is 0 Å². The first-order valence-corrected chi connectivity index (χ1v) is 3.80. The molecule has 12 heavy (non-hydrogen) atoms. The third-order valence-corrected chi connectivity index (χ3v) is 1.91. The molecular weight excluding hydrogens is 146 g/mol. The molecule has 0 radical (unpaired) electrons. The number of nitrogens with zero attached hydrogens (tertiary/aromatic N) is 1. The van der Waals surface area contributed by atoms with Crippen molar-refractivity contribution in [1.29, 1.82) is 0 Å². The third kappa shape index (κ3) is 0.943. The van der Waals surface area contributed by atoms with E-state index in [4.69, 9.17) is 6.57 Å². The molecule has 0 heterocycles. The van der Waals surface area contributed by atoms with Crippen LogP contribution in [0.4, 0.5) is 5.69 Å². The van der Waals surface area contributed by atoms with Crippen molar-refractivity contribution in [3.05, 3.63) is 47.3 Å². The van der Waals surface area contributed by atoms with Crippen LogP contribution in [0.5, 0.6) is 0 Å². The van der Waals surface area contributed by atoms with Crippen LogP contribution in [0.15, 0.2) is 42.5 Å². The Labute approximate surface area is 71.1 Å². The molecule has 2 rings (SSSR count). The lowest BCUT2D eigenvalue weighted by Crippen LogP contribution is -1.69. The zero-order valence-electron chi connectivity index (χ0n) is 6.57. The molecule has 2 aromatic rings. The average molecular weight is 154 g/mol. The molecule has 0 saturated carbocycles. The van der Waals surface area contributed by atoms with Crippen molar-refractivity contribution in [1.82, 2.24) is 0 Å². The van der Waals surface area contributed by atoms with E-state index in [1.165, 1.54) is 5.39 Å². The summed E-state index contributed by atoms with van der Waals surface area (Å²) in [5.41, 5.74) is 0.841. The summed E-state index contributed by atoms with van der Waals surface area (Å²) >= 11 is 0. The van der Waals surface area contributed by atoms with Crippen molar-refractivity contribution in [3.8, 4) is 6.57 Å². The number of hydrogen-bond acceptors (Lipinski definition) is 0. The molecule has 56 valence electrons. The van der Waals surface area contributed by atoms with E-state index < -0.39 is 0 Å². The molecule has 0 N–H and O–H groups in total. The third-order valence-electron chi connectivity index (χ3n) is 1.91. The number of rotatable bonds is 0. The van der Waals surface area contributed by atoms with Gasteiger partial charge in [-0.3, -0.25) is 0 Å². The monoisotopic (exact) mass is 154 g/mol. The Morgan fingerprint density at radius 3 is 2.50 bits per heavy atom. The average Bonchev–Trinajstić information content (AvgIpc) is 2.17. The molecule has 0 atom stereocenters. The summed E-state index contributed by atoms with van der Waals surface area (Å²) in [5.74, 6) is 0. The largest absolute Gasteiger partial charge is 0.347 e. The topological polar surface area (TPSA) is 4.36 Å². The number of fused-ring (bicyclic) bond motifs is 1. The number of hydrogen-bond donors (Lipinski definition) is 0. The second-order valence-corrected chi connectivity index (χ2v) is 2.63. The molecule has 1 heteroatoms. The van der Waals surface area contributed by atoms with E-state index in [-0.39, 0.29) is 0 Å². The van der Waals surface area contributed by atoms with Gasteiger partial charge >= 0.3 is 5.69 Å². The maximum atomic E-state index is 5.24. The smallest absolute Gasteiger partial charge is 0.0616 e. The lowest BCUT2D eigenvalue weighted by atomic mass is 10.1. The van der Waals surface area contributed by atoms with Crippen molar-refractivity contribution >= 4 is 16.5 Å². The summed E-state index contributed by atoms with van der Waals surface area (Å²) in [5, 5.41) is 2.27. The molecule has 0 aromatic heterocycles. The molecule has 0 aliphatic rings. The maximum absolute atomic E-state index is 5.24. The Bertz CT molecular complexity index is 447. The van der Waals surface area contributed by atoms with Crippen molar-refractivity contribution in [2.45, 2.75) is 0 Å². The van der Waals surface area contributed by atoms with E-state index in [0.717, 1.165) is 11.1 Å². The van der Waals surface area contributed by atoms with Crippen LogP contribution in [0.1, 0.15) is 0 Å². The summed E-state index contributed by atoms with van der Waals surface area (Å²) in [6, 6.07) is 13.9. The first-order chi connectivity index (χ1) is 5.92. The van der Waals surface area contributed by atoms with Crippen LogP contribution in [0, 0.1) is 6.57 Å². The van der Waals surface area contributed by atoms with Crippen LogP contribution in [0.3, 0.4) is 0 Å². The fraction of sp³-hybridized carbons (Fsp3) is 0. The minimum Gasteiger partial charge on any atom is -0.0616 e. The Hall–Kier alpha value is -1.81. The van der Waals surface area contributed by atoms with E-state index in [9.17, 15) is 0 Å². The van der Waals surface area contributed by atoms with Crippen LogP contribution >= 0.6 is 0 Å². The second-order valence-electron chi connectivity index (χ2n) is 2.63. The van der Waals surface area contributed by atoms with Gasteiger partial charge in [-0.2, -0.15) is 0 Å².